The molecule has 0 radical (unpaired) electrons. The molecule has 96 valence electrons. The molecule has 0 saturated heterocycles. The molecule has 5 heteroatoms. The summed E-state index contributed by atoms with van der Waals surface area (Å²) >= 11 is 0. The topological polar surface area (TPSA) is 69.4 Å². The molecule has 1 aromatic rings. The molecule has 0 bridgehead atoms. The zero-order valence-corrected chi connectivity index (χ0v) is 10.0. The normalized spacial score (nSPS) is 15.6. The Morgan fingerprint density at radius 3 is 2.72 bits per heavy atom. The van der Waals surface area contributed by atoms with Gasteiger partial charge in [-0.05, 0) is 24.8 Å². The van der Waals surface area contributed by atoms with Gasteiger partial charge >= 0.3 is 0 Å². The van der Waals surface area contributed by atoms with Gasteiger partial charge in [-0.15, -0.1) is 0 Å². The smallest absolute Gasteiger partial charge is 0.270 e. The second-order valence-electron chi connectivity index (χ2n) is 4.56. The zero-order valence-electron chi connectivity index (χ0n) is 10.0. The Balaban J connectivity index is 2.06. The van der Waals surface area contributed by atoms with Gasteiger partial charge in [0.1, 0.15) is 5.75 Å². The standard InChI is InChI=1S/C13H15NO4/c15-8-11-7-12(14(16)17)5-6-13(11)18-9-10-3-1-2-4-10/h5-8,10H,1-4,9H2. The highest BCUT2D eigenvalue weighted by molar-refractivity contribution is 5.80. The summed E-state index contributed by atoms with van der Waals surface area (Å²) in [6.45, 7) is 0.582. The molecule has 1 aromatic carbocycles. The highest BCUT2D eigenvalue weighted by Gasteiger charge is 2.17. The van der Waals surface area contributed by atoms with E-state index in [0.717, 1.165) is 12.8 Å². The molecule has 0 heterocycles. The summed E-state index contributed by atoms with van der Waals surface area (Å²) < 4.78 is 5.59. The lowest BCUT2D eigenvalue weighted by Crippen LogP contribution is -2.09. The molecular weight excluding hydrogens is 234 g/mol. The first kappa shape index (κ1) is 12.5. The second kappa shape index (κ2) is 5.62. The number of nitro groups is 1. The van der Waals surface area contributed by atoms with Gasteiger partial charge in [-0.3, -0.25) is 14.9 Å². The predicted octanol–water partition coefficient (Wildman–Crippen LogP) is 2.98. The third-order valence-electron chi connectivity index (χ3n) is 3.28. The van der Waals surface area contributed by atoms with Crippen molar-refractivity contribution in [2.24, 2.45) is 5.92 Å². The summed E-state index contributed by atoms with van der Waals surface area (Å²) in [5.41, 5.74) is 0.146. The minimum absolute atomic E-state index is 0.0923. The van der Waals surface area contributed by atoms with Crippen LogP contribution in [-0.2, 0) is 0 Å². The van der Waals surface area contributed by atoms with Crippen LogP contribution in [0.2, 0.25) is 0 Å². The van der Waals surface area contributed by atoms with Crippen LogP contribution in [0.4, 0.5) is 5.69 Å². The first-order valence-electron chi connectivity index (χ1n) is 6.07. The number of nitrogens with zero attached hydrogens (tertiary/aromatic N) is 1. The van der Waals surface area contributed by atoms with Gasteiger partial charge < -0.3 is 4.74 Å². The fourth-order valence-corrected chi connectivity index (χ4v) is 2.26. The van der Waals surface area contributed by atoms with E-state index in [9.17, 15) is 14.9 Å². The van der Waals surface area contributed by atoms with Crippen molar-refractivity contribution in [3.8, 4) is 5.75 Å². The summed E-state index contributed by atoms with van der Waals surface area (Å²) in [4.78, 5) is 21.0. The third kappa shape index (κ3) is 2.85. The van der Waals surface area contributed by atoms with Crippen molar-refractivity contribution in [1.82, 2.24) is 0 Å². The van der Waals surface area contributed by atoms with Gasteiger partial charge in [-0.25, -0.2) is 0 Å². The number of hydrogen-bond donors (Lipinski definition) is 0. The minimum atomic E-state index is -0.520. The SMILES string of the molecule is O=Cc1cc([N+](=O)[O-])ccc1OCC1CCCC1. The van der Waals surface area contributed by atoms with Gasteiger partial charge in [-0.2, -0.15) is 0 Å². The monoisotopic (exact) mass is 249 g/mol. The number of carbonyl (C=O) groups excluding carboxylic acids is 1. The molecule has 2 rings (SSSR count). The van der Waals surface area contributed by atoms with Crippen LogP contribution in [-0.4, -0.2) is 17.8 Å². The first-order chi connectivity index (χ1) is 8.70. The molecule has 0 N–H and O–H groups in total. The Hall–Kier alpha value is -1.91. The number of carbonyl (C=O) groups is 1. The molecular formula is C13H15NO4. The minimum Gasteiger partial charge on any atom is -0.493 e. The maximum Gasteiger partial charge on any atom is 0.270 e. The molecule has 0 spiro atoms. The van der Waals surface area contributed by atoms with Gasteiger partial charge in [0, 0.05) is 12.1 Å². The van der Waals surface area contributed by atoms with Crippen LogP contribution >= 0.6 is 0 Å². The van der Waals surface area contributed by atoms with Crippen molar-refractivity contribution in [1.29, 1.82) is 0 Å². The quantitative estimate of drug-likeness (QED) is 0.457. The number of non-ortho nitro benzene ring substituents is 1. The van der Waals surface area contributed by atoms with Crippen molar-refractivity contribution in [3.63, 3.8) is 0 Å². The number of hydrogen-bond acceptors (Lipinski definition) is 4. The zero-order chi connectivity index (χ0) is 13.0. The van der Waals surface area contributed by atoms with Crippen LogP contribution in [0.25, 0.3) is 0 Å². The molecule has 1 aliphatic carbocycles. The average Bonchev–Trinajstić information content (AvgIpc) is 2.89. The van der Waals surface area contributed by atoms with E-state index in [-0.39, 0.29) is 11.3 Å². The molecule has 1 aliphatic rings. The third-order valence-corrected chi connectivity index (χ3v) is 3.28. The van der Waals surface area contributed by atoms with E-state index in [4.69, 9.17) is 4.74 Å². The fourth-order valence-electron chi connectivity index (χ4n) is 2.26. The van der Waals surface area contributed by atoms with E-state index in [0.29, 0.717) is 24.6 Å². The maximum atomic E-state index is 10.9. The van der Waals surface area contributed by atoms with E-state index < -0.39 is 4.92 Å². The molecule has 5 nitrogen and oxygen atoms in total. The Morgan fingerprint density at radius 2 is 2.11 bits per heavy atom. The molecule has 0 unspecified atom stereocenters. The average molecular weight is 249 g/mol. The number of nitro benzene ring substituents is 1. The van der Waals surface area contributed by atoms with Gasteiger partial charge in [0.05, 0.1) is 17.1 Å². The Labute approximate surface area is 105 Å². The Morgan fingerprint density at radius 1 is 1.39 bits per heavy atom. The molecule has 0 aromatic heterocycles. The maximum absolute atomic E-state index is 10.9. The first-order valence-corrected chi connectivity index (χ1v) is 6.07. The van der Waals surface area contributed by atoms with Crippen LogP contribution in [0, 0.1) is 16.0 Å². The van der Waals surface area contributed by atoms with E-state index in [2.05, 4.69) is 0 Å². The number of benzene rings is 1. The van der Waals surface area contributed by atoms with Gasteiger partial charge in [0.25, 0.3) is 5.69 Å². The van der Waals surface area contributed by atoms with Crippen LogP contribution in [0.15, 0.2) is 18.2 Å². The number of rotatable bonds is 5. The van der Waals surface area contributed by atoms with Gasteiger partial charge in [0.2, 0.25) is 0 Å². The van der Waals surface area contributed by atoms with E-state index in [1.54, 1.807) is 0 Å². The second-order valence-corrected chi connectivity index (χ2v) is 4.56. The van der Waals surface area contributed by atoms with E-state index >= 15 is 0 Å². The van der Waals surface area contributed by atoms with Gasteiger partial charge in [-0.1, -0.05) is 12.8 Å². The molecule has 0 amide bonds. The van der Waals surface area contributed by atoms with Gasteiger partial charge in [0.15, 0.2) is 6.29 Å². The fraction of sp³-hybridized carbons (Fsp3) is 0.462. The van der Waals surface area contributed by atoms with Crippen LogP contribution in [0.1, 0.15) is 36.0 Å². The Kier molecular flexibility index (Phi) is 3.92. The van der Waals surface area contributed by atoms with Crippen LogP contribution in [0.5, 0.6) is 5.75 Å². The molecule has 1 saturated carbocycles. The Bertz CT molecular complexity index is 452. The van der Waals surface area contributed by atoms with Crippen molar-refractivity contribution in [2.75, 3.05) is 6.61 Å². The summed E-state index contributed by atoms with van der Waals surface area (Å²) in [7, 11) is 0. The molecule has 18 heavy (non-hydrogen) atoms. The lowest BCUT2D eigenvalue weighted by Gasteiger charge is -2.12. The summed E-state index contributed by atoms with van der Waals surface area (Å²) in [6, 6.07) is 4.10. The lowest BCUT2D eigenvalue weighted by molar-refractivity contribution is -0.384. The van der Waals surface area contributed by atoms with E-state index in [1.165, 1.54) is 31.0 Å². The highest BCUT2D eigenvalue weighted by Crippen LogP contribution is 2.27. The molecule has 1 fully saturated rings. The van der Waals surface area contributed by atoms with E-state index in [1.807, 2.05) is 0 Å². The van der Waals surface area contributed by atoms with Crippen molar-refractivity contribution in [2.45, 2.75) is 25.7 Å². The molecule has 0 atom stereocenters. The lowest BCUT2D eigenvalue weighted by atomic mass is 10.1. The summed E-state index contributed by atoms with van der Waals surface area (Å²) in [5.74, 6) is 0.974. The van der Waals surface area contributed by atoms with Crippen LogP contribution < -0.4 is 4.74 Å². The number of aldehydes is 1. The van der Waals surface area contributed by atoms with Crippen molar-refractivity contribution in [3.05, 3.63) is 33.9 Å². The largest absolute Gasteiger partial charge is 0.493 e. The predicted molar refractivity (Wildman–Crippen MR) is 65.9 cm³/mol. The van der Waals surface area contributed by atoms with Crippen molar-refractivity contribution < 1.29 is 14.5 Å². The molecule has 0 aliphatic heterocycles. The summed E-state index contributed by atoms with van der Waals surface area (Å²) in [6.07, 6.45) is 5.37. The number of ether oxygens (including phenoxy) is 1. The van der Waals surface area contributed by atoms with Crippen LogP contribution in [0.3, 0.4) is 0 Å². The van der Waals surface area contributed by atoms with Crippen molar-refractivity contribution >= 4 is 12.0 Å². The summed E-state index contributed by atoms with van der Waals surface area (Å²) in [5, 5.41) is 10.6. The highest BCUT2D eigenvalue weighted by atomic mass is 16.6.